The minimum Gasteiger partial charge on any atom is -0.353 e. The summed E-state index contributed by atoms with van der Waals surface area (Å²) < 4.78 is 1.42. The molecule has 1 aromatic carbocycles. The Morgan fingerprint density at radius 2 is 1.85 bits per heavy atom. The molecule has 0 atom stereocenters. The van der Waals surface area contributed by atoms with E-state index in [2.05, 4.69) is 35.7 Å². The number of nitrogens with zero attached hydrogens (tertiary/aromatic N) is 7. The van der Waals surface area contributed by atoms with E-state index >= 15 is 0 Å². The van der Waals surface area contributed by atoms with Crippen LogP contribution in [0.15, 0.2) is 36.4 Å². The van der Waals surface area contributed by atoms with E-state index in [9.17, 15) is 4.79 Å². The monoisotopic (exact) mass is 372 g/mol. The molecule has 1 saturated heterocycles. The smallest absolute Gasteiger partial charge is 0.238 e. The maximum Gasteiger partial charge on any atom is 0.238 e. The van der Waals surface area contributed by atoms with Crippen molar-refractivity contribution in [1.29, 1.82) is 0 Å². The van der Waals surface area contributed by atoms with Crippen molar-refractivity contribution in [3.63, 3.8) is 0 Å². The van der Waals surface area contributed by atoms with E-state index in [0.29, 0.717) is 17.2 Å². The summed E-state index contributed by atoms with van der Waals surface area (Å²) in [5.41, 5.74) is 1.36. The lowest BCUT2D eigenvalue weighted by molar-refractivity contribution is -0.117. The number of anilines is 2. The summed E-state index contributed by atoms with van der Waals surface area (Å²) in [7, 11) is 0. The van der Waals surface area contributed by atoms with Gasteiger partial charge in [-0.25, -0.2) is 0 Å². The third-order valence-electron chi connectivity index (χ3n) is 4.25. The number of hydrogen-bond acceptors (Lipinski definition) is 7. The highest BCUT2D eigenvalue weighted by atomic mass is 35.5. The van der Waals surface area contributed by atoms with Crippen LogP contribution in [-0.4, -0.2) is 68.8 Å². The number of aromatic nitrogens is 5. The van der Waals surface area contributed by atoms with Crippen LogP contribution in [0.3, 0.4) is 0 Å². The number of nitrogens with one attached hydrogen (secondary N) is 1. The van der Waals surface area contributed by atoms with Gasteiger partial charge in [-0.15, -0.1) is 14.8 Å². The molecule has 10 heteroatoms. The van der Waals surface area contributed by atoms with Crippen molar-refractivity contribution < 1.29 is 4.79 Å². The predicted molar refractivity (Wildman–Crippen MR) is 97.3 cm³/mol. The highest BCUT2D eigenvalue weighted by Crippen LogP contribution is 2.15. The molecule has 2 aromatic heterocycles. The van der Waals surface area contributed by atoms with E-state index in [1.807, 2.05) is 12.1 Å². The van der Waals surface area contributed by atoms with Crippen molar-refractivity contribution in [1.82, 2.24) is 30.2 Å². The van der Waals surface area contributed by atoms with Gasteiger partial charge in [-0.2, -0.15) is 0 Å². The average Bonchev–Trinajstić information content (AvgIpc) is 3.12. The summed E-state index contributed by atoms with van der Waals surface area (Å²) in [6.07, 6.45) is 0. The molecular formula is C16H17ClN8O. The van der Waals surface area contributed by atoms with Gasteiger partial charge in [-0.3, -0.25) is 9.69 Å². The molecule has 4 rings (SSSR count). The first kappa shape index (κ1) is 16.7. The van der Waals surface area contributed by atoms with Crippen LogP contribution in [0.5, 0.6) is 0 Å². The Balaban J connectivity index is 1.30. The highest BCUT2D eigenvalue weighted by molar-refractivity contribution is 6.30. The van der Waals surface area contributed by atoms with Gasteiger partial charge in [0.25, 0.3) is 0 Å². The molecule has 1 fully saturated rings. The fourth-order valence-corrected chi connectivity index (χ4v) is 3.01. The number of hydrogen-bond donors (Lipinski definition) is 1. The SMILES string of the molecule is O=C(CN1CCN(c2ccc3nnnn3n2)CC1)Nc1ccc(Cl)cc1. The van der Waals surface area contributed by atoms with E-state index in [0.717, 1.165) is 37.7 Å². The van der Waals surface area contributed by atoms with E-state index in [4.69, 9.17) is 11.6 Å². The molecule has 26 heavy (non-hydrogen) atoms. The number of tetrazole rings is 1. The molecular weight excluding hydrogens is 356 g/mol. The molecule has 0 spiro atoms. The van der Waals surface area contributed by atoms with Crippen LogP contribution >= 0.6 is 11.6 Å². The van der Waals surface area contributed by atoms with Crippen LogP contribution in [0.4, 0.5) is 11.5 Å². The van der Waals surface area contributed by atoms with Gasteiger partial charge in [0.2, 0.25) is 5.91 Å². The number of carbonyl (C=O) groups is 1. The second kappa shape index (κ2) is 7.22. The topological polar surface area (TPSA) is 91.6 Å². The number of rotatable bonds is 4. The lowest BCUT2D eigenvalue weighted by Crippen LogP contribution is -2.49. The summed E-state index contributed by atoms with van der Waals surface area (Å²) in [5, 5.41) is 19.2. The van der Waals surface area contributed by atoms with E-state index in [1.54, 1.807) is 24.3 Å². The van der Waals surface area contributed by atoms with Gasteiger partial charge >= 0.3 is 0 Å². The molecule has 0 bridgehead atoms. The van der Waals surface area contributed by atoms with Crippen LogP contribution in [0, 0.1) is 0 Å². The van der Waals surface area contributed by atoms with Crippen molar-refractivity contribution >= 4 is 34.7 Å². The summed E-state index contributed by atoms with van der Waals surface area (Å²) >= 11 is 5.85. The van der Waals surface area contributed by atoms with Crippen molar-refractivity contribution in [3.05, 3.63) is 41.4 Å². The number of fused-ring (bicyclic) bond motifs is 1. The van der Waals surface area contributed by atoms with Gasteiger partial charge in [0, 0.05) is 36.9 Å². The molecule has 1 aliphatic heterocycles. The van der Waals surface area contributed by atoms with Gasteiger partial charge < -0.3 is 10.2 Å². The molecule has 0 saturated carbocycles. The van der Waals surface area contributed by atoms with Gasteiger partial charge in [0.15, 0.2) is 11.5 Å². The molecule has 0 unspecified atom stereocenters. The molecule has 3 aromatic rings. The lowest BCUT2D eigenvalue weighted by atomic mass is 10.3. The number of halogens is 1. The minimum atomic E-state index is -0.0333. The molecule has 1 amide bonds. The molecule has 9 nitrogen and oxygen atoms in total. The second-order valence-electron chi connectivity index (χ2n) is 6.04. The molecule has 3 heterocycles. The fraction of sp³-hybridized carbons (Fsp3) is 0.312. The Labute approximate surface area is 154 Å². The number of piperazine rings is 1. The molecule has 134 valence electrons. The van der Waals surface area contributed by atoms with Crippen LogP contribution in [0.2, 0.25) is 5.02 Å². The zero-order valence-corrected chi connectivity index (χ0v) is 14.7. The Morgan fingerprint density at radius 3 is 2.62 bits per heavy atom. The number of carbonyl (C=O) groups excluding carboxylic acids is 1. The summed E-state index contributed by atoms with van der Waals surface area (Å²) in [6.45, 7) is 3.49. The second-order valence-corrected chi connectivity index (χ2v) is 6.47. The standard InChI is InChI=1S/C16H17ClN8O/c17-12-1-3-13(4-2-12)18-16(26)11-23-7-9-24(10-8-23)15-6-5-14-19-21-22-25(14)20-15/h1-6H,7-11H2,(H,18,26). The van der Waals surface area contributed by atoms with Gasteiger partial charge in [0.05, 0.1) is 6.54 Å². The van der Waals surface area contributed by atoms with Crippen LogP contribution in [-0.2, 0) is 4.79 Å². The Morgan fingerprint density at radius 1 is 1.08 bits per heavy atom. The van der Waals surface area contributed by atoms with E-state index in [-0.39, 0.29) is 5.91 Å². The summed E-state index contributed by atoms with van der Waals surface area (Å²) in [6, 6.07) is 10.8. The molecule has 0 aliphatic carbocycles. The zero-order chi connectivity index (χ0) is 17.9. The maximum absolute atomic E-state index is 12.2. The summed E-state index contributed by atoms with van der Waals surface area (Å²) in [4.78, 5) is 16.5. The summed E-state index contributed by atoms with van der Waals surface area (Å²) in [5.74, 6) is 0.795. The Kier molecular flexibility index (Phi) is 4.63. The van der Waals surface area contributed by atoms with Crippen molar-refractivity contribution in [2.45, 2.75) is 0 Å². The van der Waals surface area contributed by atoms with E-state index < -0.39 is 0 Å². The maximum atomic E-state index is 12.2. The van der Waals surface area contributed by atoms with Gasteiger partial charge in [0.1, 0.15) is 0 Å². The van der Waals surface area contributed by atoms with Crippen molar-refractivity contribution in [2.24, 2.45) is 0 Å². The highest BCUT2D eigenvalue weighted by Gasteiger charge is 2.20. The van der Waals surface area contributed by atoms with Crippen molar-refractivity contribution in [3.8, 4) is 0 Å². The average molecular weight is 373 g/mol. The predicted octanol–water partition coefficient (Wildman–Crippen LogP) is 0.933. The first-order valence-electron chi connectivity index (χ1n) is 8.25. The zero-order valence-electron chi connectivity index (χ0n) is 13.9. The van der Waals surface area contributed by atoms with Crippen LogP contribution < -0.4 is 10.2 Å². The quantitative estimate of drug-likeness (QED) is 0.728. The Bertz CT molecular complexity index is 904. The normalized spacial score (nSPS) is 15.3. The largest absolute Gasteiger partial charge is 0.353 e. The first-order valence-corrected chi connectivity index (χ1v) is 8.63. The number of amides is 1. The minimum absolute atomic E-state index is 0.0333. The first-order chi connectivity index (χ1) is 12.7. The van der Waals surface area contributed by atoms with Crippen LogP contribution in [0.25, 0.3) is 5.65 Å². The lowest BCUT2D eigenvalue weighted by Gasteiger charge is -2.34. The van der Waals surface area contributed by atoms with Crippen LogP contribution in [0.1, 0.15) is 0 Å². The molecule has 1 N–H and O–H groups in total. The van der Waals surface area contributed by atoms with Gasteiger partial charge in [-0.1, -0.05) is 11.6 Å². The molecule has 0 radical (unpaired) electrons. The Hall–Kier alpha value is -2.78. The molecule has 1 aliphatic rings. The van der Waals surface area contributed by atoms with Gasteiger partial charge in [-0.05, 0) is 46.8 Å². The van der Waals surface area contributed by atoms with E-state index in [1.165, 1.54) is 4.63 Å². The number of benzene rings is 1. The third kappa shape index (κ3) is 3.73. The third-order valence-corrected chi connectivity index (χ3v) is 4.50. The van der Waals surface area contributed by atoms with Crippen molar-refractivity contribution in [2.75, 3.05) is 42.9 Å². The fourth-order valence-electron chi connectivity index (χ4n) is 2.88.